The van der Waals surface area contributed by atoms with Crippen LogP contribution in [0.15, 0.2) is 54.6 Å². The van der Waals surface area contributed by atoms with Crippen LogP contribution >= 0.6 is 0 Å². The third-order valence-electron chi connectivity index (χ3n) is 3.51. The van der Waals surface area contributed by atoms with Crippen molar-refractivity contribution in [3.63, 3.8) is 0 Å². The normalized spacial score (nSPS) is 13.9. The average molecular weight is 238 g/mol. The summed E-state index contributed by atoms with van der Waals surface area (Å²) in [4.78, 5) is 11.5. The molecule has 0 fully saturated rings. The van der Waals surface area contributed by atoms with Crippen LogP contribution < -0.4 is 0 Å². The number of aryl methyl sites for hydroxylation is 1. The van der Waals surface area contributed by atoms with Gasteiger partial charge in [-0.1, -0.05) is 54.6 Å². The molecule has 92 valence electrons. The van der Waals surface area contributed by atoms with Crippen LogP contribution in [0.25, 0.3) is 0 Å². The highest BCUT2D eigenvalue weighted by atomic mass is 16.1. The lowest BCUT2D eigenvalue weighted by Gasteiger charge is -2.24. The summed E-state index contributed by atoms with van der Waals surface area (Å²) < 4.78 is 0. The van der Waals surface area contributed by atoms with Crippen LogP contribution in [-0.4, -0.2) is 6.29 Å². The molecule has 0 aliphatic heterocycles. The number of benzene rings is 2. The molecule has 2 rings (SSSR count). The van der Waals surface area contributed by atoms with E-state index < -0.39 is 5.41 Å². The zero-order chi connectivity index (χ0) is 13.0. The zero-order valence-electron chi connectivity index (χ0n) is 10.9. The summed E-state index contributed by atoms with van der Waals surface area (Å²) in [5.41, 5.74) is 3.09. The Labute approximate surface area is 108 Å². The Morgan fingerprint density at radius 1 is 1.00 bits per heavy atom. The second-order valence-electron chi connectivity index (χ2n) is 5.00. The van der Waals surface area contributed by atoms with Crippen LogP contribution in [0.3, 0.4) is 0 Å². The number of aldehydes is 1. The summed E-state index contributed by atoms with van der Waals surface area (Å²) in [5.74, 6) is 0. The number of hydrogen-bond donors (Lipinski definition) is 0. The zero-order valence-corrected chi connectivity index (χ0v) is 10.9. The Kier molecular flexibility index (Phi) is 3.61. The molecule has 0 bridgehead atoms. The van der Waals surface area contributed by atoms with Crippen LogP contribution in [0.5, 0.6) is 0 Å². The number of carbonyl (C=O) groups excluding carboxylic acids is 1. The minimum Gasteiger partial charge on any atom is -0.302 e. The third kappa shape index (κ3) is 2.51. The van der Waals surface area contributed by atoms with E-state index in [2.05, 4.69) is 19.1 Å². The second-order valence-corrected chi connectivity index (χ2v) is 5.00. The van der Waals surface area contributed by atoms with Crippen molar-refractivity contribution < 1.29 is 4.79 Å². The quantitative estimate of drug-likeness (QED) is 0.742. The Morgan fingerprint density at radius 3 is 2.22 bits per heavy atom. The summed E-state index contributed by atoms with van der Waals surface area (Å²) in [5, 5.41) is 0. The Morgan fingerprint density at radius 2 is 1.61 bits per heavy atom. The predicted octanol–water partition coefficient (Wildman–Crippen LogP) is 3.69. The number of hydrogen-bond acceptors (Lipinski definition) is 1. The number of rotatable bonds is 4. The van der Waals surface area contributed by atoms with Crippen molar-refractivity contribution in [2.45, 2.75) is 25.7 Å². The highest BCUT2D eigenvalue weighted by Crippen LogP contribution is 2.27. The van der Waals surface area contributed by atoms with E-state index in [1.54, 1.807) is 0 Å². The SMILES string of the molecule is Cc1ccccc1CC(C)(C=O)c1ccccc1. The molecule has 0 spiro atoms. The summed E-state index contributed by atoms with van der Waals surface area (Å²) in [6.45, 7) is 4.09. The fourth-order valence-corrected chi connectivity index (χ4v) is 2.23. The molecule has 0 saturated heterocycles. The van der Waals surface area contributed by atoms with Gasteiger partial charge in [0.15, 0.2) is 0 Å². The molecule has 1 heteroatoms. The smallest absolute Gasteiger partial charge is 0.130 e. The van der Waals surface area contributed by atoms with Gasteiger partial charge >= 0.3 is 0 Å². The van der Waals surface area contributed by atoms with Gasteiger partial charge in [0.05, 0.1) is 5.41 Å². The highest BCUT2D eigenvalue weighted by Gasteiger charge is 2.26. The van der Waals surface area contributed by atoms with Crippen molar-refractivity contribution >= 4 is 6.29 Å². The van der Waals surface area contributed by atoms with Crippen molar-refractivity contribution in [3.05, 3.63) is 71.3 Å². The third-order valence-corrected chi connectivity index (χ3v) is 3.51. The monoisotopic (exact) mass is 238 g/mol. The summed E-state index contributed by atoms with van der Waals surface area (Å²) in [7, 11) is 0. The fraction of sp³-hybridized carbons (Fsp3) is 0.235. The van der Waals surface area contributed by atoms with Crippen LogP contribution in [0.2, 0.25) is 0 Å². The first-order chi connectivity index (χ1) is 8.65. The van der Waals surface area contributed by atoms with Crippen molar-refractivity contribution in [2.75, 3.05) is 0 Å². The van der Waals surface area contributed by atoms with E-state index in [4.69, 9.17) is 0 Å². The lowest BCUT2D eigenvalue weighted by atomic mass is 9.78. The molecule has 0 N–H and O–H groups in total. The van der Waals surface area contributed by atoms with Crippen molar-refractivity contribution in [2.24, 2.45) is 0 Å². The minimum absolute atomic E-state index is 0.451. The molecule has 1 atom stereocenters. The summed E-state index contributed by atoms with van der Waals surface area (Å²) >= 11 is 0. The molecule has 2 aromatic rings. The predicted molar refractivity (Wildman–Crippen MR) is 74.7 cm³/mol. The first kappa shape index (κ1) is 12.6. The van der Waals surface area contributed by atoms with Gasteiger partial charge in [-0.05, 0) is 37.0 Å². The topological polar surface area (TPSA) is 17.1 Å². The van der Waals surface area contributed by atoms with Crippen LogP contribution in [0, 0.1) is 6.92 Å². The molecule has 0 heterocycles. The average Bonchev–Trinajstić information content (AvgIpc) is 2.42. The second kappa shape index (κ2) is 5.18. The Bertz CT molecular complexity index is 530. The Hall–Kier alpha value is -1.89. The van der Waals surface area contributed by atoms with Crippen LogP contribution in [0.1, 0.15) is 23.6 Å². The van der Waals surface area contributed by atoms with Gasteiger partial charge in [-0.2, -0.15) is 0 Å². The molecule has 2 aromatic carbocycles. The van der Waals surface area contributed by atoms with Gasteiger partial charge in [0, 0.05) is 0 Å². The lowest BCUT2D eigenvalue weighted by Crippen LogP contribution is -2.27. The van der Waals surface area contributed by atoms with Gasteiger partial charge < -0.3 is 4.79 Å². The summed E-state index contributed by atoms with van der Waals surface area (Å²) in [6, 6.07) is 18.2. The van der Waals surface area contributed by atoms with E-state index in [-0.39, 0.29) is 0 Å². The standard InChI is InChI=1S/C17H18O/c1-14-8-6-7-9-15(14)12-17(2,13-18)16-10-4-3-5-11-16/h3-11,13H,12H2,1-2H3. The molecule has 0 aliphatic rings. The maximum absolute atomic E-state index is 11.5. The van der Waals surface area contributed by atoms with Crippen molar-refractivity contribution in [3.8, 4) is 0 Å². The van der Waals surface area contributed by atoms with E-state index in [0.29, 0.717) is 0 Å². The largest absolute Gasteiger partial charge is 0.302 e. The van der Waals surface area contributed by atoms with Gasteiger partial charge in [-0.25, -0.2) is 0 Å². The highest BCUT2D eigenvalue weighted by molar-refractivity contribution is 5.68. The van der Waals surface area contributed by atoms with Gasteiger partial charge in [0.1, 0.15) is 6.29 Å². The van der Waals surface area contributed by atoms with E-state index in [0.717, 1.165) is 18.3 Å². The van der Waals surface area contributed by atoms with Crippen LogP contribution in [-0.2, 0) is 16.6 Å². The molecule has 0 radical (unpaired) electrons. The van der Waals surface area contributed by atoms with Gasteiger partial charge in [0.2, 0.25) is 0 Å². The molecule has 0 aromatic heterocycles. The first-order valence-corrected chi connectivity index (χ1v) is 6.22. The lowest BCUT2D eigenvalue weighted by molar-refractivity contribution is -0.112. The van der Waals surface area contributed by atoms with E-state index in [1.807, 2.05) is 49.4 Å². The maximum Gasteiger partial charge on any atom is 0.130 e. The molecular formula is C17H18O. The molecule has 1 nitrogen and oxygen atoms in total. The molecular weight excluding hydrogens is 220 g/mol. The number of carbonyl (C=O) groups is 1. The van der Waals surface area contributed by atoms with E-state index >= 15 is 0 Å². The summed E-state index contributed by atoms with van der Waals surface area (Å²) in [6.07, 6.45) is 1.81. The first-order valence-electron chi connectivity index (χ1n) is 6.22. The van der Waals surface area contributed by atoms with E-state index in [1.165, 1.54) is 11.1 Å². The molecule has 0 aliphatic carbocycles. The minimum atomic E-state index is -0.451. The van der Waals surface area contributed by atoms with Crippen molar-refractivity contribution in [1.29, 1.82) is 0 Å². The maximum atomic E-state index is 11.5. The van der Waals surface area contributed by atoms with Crippen LogP contribution in [0.4, 0.5) is 0 Å². The Balaban J connectivity index is 2.35. The molecule has 18 heavy (non-hydrogen) atoms. The van der Waals surface area contributed by atoms with E-state index in [9.17, 15) is 4.79 Å². The van der Waals surface area contributed by atoms with Gasteiger partial charge in [0.25, 0.3) is 0 Å². The van der Waals surface area contributed by atoms with Gasteiger partial charge in [-0.15, -0.1) is 0 Å². The van der Waals surface area contributed by atoms with Gasteiger partial charge in [-0.3, -0.25) is 0 Å². The molecule has 0 saturated carbocycles. The molecule has 1 unspecified atom stereocenters. The molecule has 0 amide bonds. The fourth-order valence-electron chi connectivity index (χ4n) is 2.23. The van der Waals surface area contributed by atoms with Crippen molar-refractivity contribution in [1.82, 2.24) is 0 Å².